The molecule has 0 bridgehead atoms. The number of hydrogen-bond donors (Lipinski definition) is 2. The van der Waals surface area contributed by atoms with Crippen molar-refractivity contribution < 1.29 is 31.5 Å². The van der Waals surface area contributed by atoms with Crippen molar-refractivity contribution in [3.63, 3.8) is 0 Å². The summed E-state index contributed by atoms with van der Waals surface area (Å²) in [5.74, 6) is -0.348. The molecule has 3 rings (SSSR count). The van der Waals surface area contributed by atoms with Crippen LogP contribution in [0.2, 0.25) is 0 Å². The second-order valence-corrected chi connectivity index (χ2v) is 9.59. The summed E-state index contributed by atoms with van der Waals surface area (Å²) in [6, 6.07) is 10.8. The van der Waals surface area contributed by atoms with E-state index in [1.54, 1.807) is 6.07 Å². The molecule has 10 heteroatoms. The van der Waals surface area contributed by atoms with Gasteiger partial charge in [-0.15, -0.1) is 0 Å². The largest absolute Gasteiger partial charge is 0.416 e. The van der Waals surface area contributed by atoms with Crippen LogP contribution in [0.25, 0.3) is 11.1 Å². The van der Waals surface area contributed by atoms with Gasteiger partial charge in [0.15, 0.2) is 0 Å². The summed E-state index contributed by atoms with van der Waals surface area (Å²) < 4.78 is 66.0. The Morgan fingerprint density at radius 3 is 2.50 bits per heavy atom. The Bertz CT molecular complexity index is 1190. The highest BCUT2D eigenvalue weighted by atomic mass is 32.2. The van der Waals surface area contributed by atoms with E-state index < -0.39 is 21.8 Å². The van der Waals surface area contributed by atoms with Crippen molar-refractivity contribution in [3.8, 4) is 11.1 Å². The van der Waals surface area contributed by atoms with E-state index in [-0.39, 0.29) is 42.2 Å². The van der Waals surface area contributed by atoms with E-state index in [1.807, 2.05) is 16.8 Å². The highest BCUT2D eigenvalue weighted by Crippen LogP contribution is 2.31. The number of nitrogens with one attached hydrogen (secondary N) is 1. The summed E-state index contributed by atoms with van der Waals surface area (Å²) >= 11 is 1.44. The number of aliphatic hydroxyl groups is 1. The van der Waals surface area contributed by atoms with Crippen LogP contribution in [-0.2, 0) is 33.8 Å². The fourth-order valence-electron chi connectivity index (χ4n) is 3.21. The van der Waals surface area contributed by atoms with Crippen molar-refractivity contribution in [2.75, 3.05) is 13.2 Å². The van der Waals surface area contributed by atoms with Gasteiger partial charge in [-0.05, 0) is 57.3 Å². The lowest BCUT2D eigenvalue weighted by atomic mass is 9.95. The normalized spacial score (nSPS) is 12.1. The third-order valence-corrected chi connectivity index (χ3v) is 6.81. The van der Waals surface area contributed by atoms with Crippen LogP contribution < -0.4 is 4.72 Å². The van der Waals surface area contributed by atoms with Gasteiger partial charge in [-0.1, -0.05) is 24.3 Å². The van der Waals surface area contributed by atoms with Gasteiger partial charge in [-0.2, -0.15) is 24.5 Å². The van der Waals surface area contributed by atoms with Gasteiger partial charge in [0.05, 0.1) is 17.1 Å². The van der Waals surface area contributed by atoms with Gasteiger partial charge in [0.25, 0.3) is 0 Å². The van der Waals surface area contributed by atoms with Crippen LogP contribution >= 0.6 is 11.3 Å². The molecule has 0 fully saturated rings. The highest BCUT2D eigenvalue weighted by Gasteiger charge is 2.30. The smallest absolute Gasteiger partial charge is 0.395 e. The summed E-state index contributed by atoms with van der Waals surface area (Å²) in [6.45, 7) is -0.521. The van der Waals surface area contributed by atoms with E-state index in [0.29, 0.717) is 11.1 Å². The van der Waals surface area contributed by atoms with Gasteiger partial charge in [-0.25, -0.2) is 13.1 Å². The Hall–Kier alpha value is -2.53. The van der Waals surface area contributed by atoms with Crippen LogP contribution in [0.1, 0.15) is 16.7 Å². The maximum atomic E-state index is 12.9. The third kappa shape index (κ3) is 6.04. The fourth-order valence-corrected chi connectivity index (χ4v) is 4.93. The van der Waals surface area contributed by atoms with E-state index in [0.717, 1.165) is 17.7 Å². The summed E-state index contributed by atoms with van der Waals surface area (Å²) in [6.07, 6.45) is -4.87. The Labute approximate surface area is 187 Å². The zero-order chi connectivity index (χ0) is 23.4. The van der Waals surface area contributed by atoms with Crippen molar-refractivity contribution in [2.45, 2.75) is 23.9 Å². The van der Waals surface area contributed by atoms with E-state index in [2.05, 4.69) is 4.72 Å². The van der Waals surface area contributed by atoms with Gasteiger partial charge >= 0.3 is 6.18 Å². The highest BCUT2D eigenvalue weighted by molar-refractivity contribution is 7.89. The maximum absolute atomic E-state index is 12.9. The summed E-state index contributed by atoms with van der Waals surface area (Å²) in [7, 11) is -3.89. The van der Waals surface area contributed by atoms with Gasteiger partial charge in [0.1, 0.15) is 5.78 Å². The number of aliphatic hydroxyl groups excluding tert-OH is 1. The monoisotopic (exact) mass is 483 g/mol. The zero-order valence-corrected chi connectivity index (χ0v) is 18.4. The molecule has 0 radical (unpaired) electrons. The molecule has 0 unspecified atom stereocenters. The van der Waals surface area contributed by atoms with Crippen LogP contribution in [0.3, 0.4) is 0 Å². The molecule has 0 saturated heterocycles. The number of rotatable bonds is 9. The molecule has 3 aromatic rings. The van der Waals surface area contributed by atoms with Crippen molar-refractivity contribution >= 4 is 27.1 Å². The van der Waals surface area contributed by atoms with Crippen molar-refractivity contribution in [1.29, 1.82) is 0 Å². The first-order chi connectivity index (χ1) is 15.1. The number of alkyl halides is 3. The predicted molar refractivity (Wildman–Crippen MR) is 116 cm³/mol. The number of ketones is 1. The van der Waals surface area contributed by atoms with Crippen LogP contribution in [0.15, 0.2) is 64.2 Å². The lowest BCUT2D eigenvalue weighted by Gasteiger charge is -2.13. The van der Waals surface area contributed by atoms with Gasteiger partial charge in [0.2, 0.25) is 10.0 Å². The molecule has 0 aliphatic heterocycles. The van der Waals surface area contributed by atoms with E-state index >= 15 is 0 Å². The first-order valence-electron chi connectivity index (χ1n) is 9.54. The number of sulfonamides is 1. The predicted octanol–water partition coefficient (Wildman–Crippen LogP) is 4.06. The Morgan fingerprint density at radius 2 is 1.84 bits per heavy atom. The standard InChI is InChI=1S/C22H20F3NO4S2/c23-22(24,25)18-3-1-2-15(10-18)11-19(28)12-17-13-20(32(29,30)26-7-8-27)4-5-21(17)16-6-9-31-14-16/h1-6,9-10,13-14,26-27H,7-8,11-12H2. The molecule has 5 nitrogen and oxygen atoms in total. The van der Waals surface area contributed by atoms with Crippen molar-refractivity contribution in [3.05, 3.63) is 76.0 Å². The average molecular weight is 484 g/mol. The molecule has 2 aromatic carbocycles. The first-order valence-corrected chi connectivity index (χ1v) is 12.0. The summed E-state index contributed by atoms with van der Waals surface area (Å²) in [5.41, 5.74) is 1.33. The first kappa shape index (κ1) is 24.1. The van der Waals surface area contributed by atoms with Crippen LogP contribution in [0, 0.1) is 0 Å². The lowest BCUT2D eigenvalue weighted by Crippen LogP contribution is -2.26. The number of thiophene rings is 1. The lowest BCUT2D eigenvalue weighted by molar-refractivity contribution is -0.137. The molecule has 0 saturated carbocycles. The minimum atomic E-state index is -4.50. The van der Waals surface area contributed by atoms with Crippen LogP contribution in [0.5, 0.6) is 0 Å². The van der Waals surface area contributed by atoms with Crippen LogP contribution in [-0.4, -0.2) is 32.5 Å². The zero-order valence-electron chi connectivity index (χ0n) is 16.7. The molecule has 0 amide bonds. The molecule has 0 aliphatic carbocycles. The molecule has 32 heavy (non-hydrogen) atoms. The number of carbonyl (C=O) groups excluding carboxylic acids is 1. The van der Waals surface area contributed by atoms with E-state index in [9.17, 15) is 26.4 Å². The number of benzene rings is 2. The minimum absolute atomic E-state index is 0.0631. The number of Topliss-reactive ketones (excluding diaryl/α,β-unsaturated/α-hetero) is 1. The Kier molecular flexibility index (Phi) is 7.50. The third-order valence-electron chi connectivity index (χ3n) is 4.67. The molecule has 0 atom stereocenters. The topological polar surface area (TPSA) is 83.5 Å². The quantitative estimate of drug-likeness (QED) is 0.481. The van der Waals surface area contributed by atoms with Crippen molar-refractivity contribution in [2.24, 2.45) is 0 Å². The van der Waals surface area contributed by atoms with Gasteiger partial charge in [-0.3, -0.25) is 4.79 Å². The number of carbonyl (C=O) groups is 1. The van der Waals surface area contributed by atoms with Gasteiger partial charge < -0.3 is 5.11 Å². The summed E-state index contributed by atoms with van der Waals surface area (Å²) in [4.78, 5) is 12.7. The second kappa shape index (κ2) is 9.95. The molecule has 1 heterocycles. The molecule has 0 aliphatic rings. The fraction of sp³-hybridized carbons (Fsp3) is 0.227. The molecular weight excluding hydrogens is 463 g/mol. The minimum Gasteiger partial charge on any atom is -0.395 e. The Morgan fingerprint density at radius 1 is 1.06 bits per heavy atom. The SMILES string of the molecule is O=C(Cc1cccc(C(F)(F)F)c1)Cc1cc(S(=O)(=O)NCCO)ccc1-c1ccsc1. The van der Waals surface area contributed by atoms with Crippen molar-refractivity contribution in [1.82, 2.24) is 4.72 Å². The summed E-state index contributed by atoms with van der Waals surface area (Å²) in [5, 5.41) is 12.6. The molecule has 0 spiro atoms. The maximum Gasteiger partial charge on any atom is 0.416 e. The second-order valence-electron chi connectivity index (χ2n) is 7.04. The molecule has 2 N–H and O–H groups in total. The Balaban J connectivity index is 1.90. The van der Waals surface area contributed by atoms with E-state index in [1.165, 1.54) is 35.6 Å². The molecule has 170 valence electrons. The van der Waals surface area contributed by atoms with Gasteiger partial charge in [0, 0.05) is 19.4 Å². The molecule has 1 aromatic heterocycles. The average Bonchev–Trinajstić information content (AvgIpc) is 3.26. The molecular formula is C22H20F3NO4S2. The number of halogens is 3. The van der Waals surface area contributed by atoms with Crippen LogP contribution in [0.4, 0.5) is 13.2 Å². The van der Waals surface area contributed by atoms with E-state index in [4.69, 9.17) is 5.11 Å². The number of hydrogen-bond acceptors (Lipinski definition) is 5.